The van der Waals surface area contributed by atoms with E-state index in [1.165, 1.54) is 6.33 Å². The van der Waals surface area contributed by atoms with E-state index in [-0.39, 0.29) is 19.1 Å². The predicted octanol–water partition coefficient (Wildman–Crippen LogP) is -0.0984. The molecule has 0 aliphatic heterocycles. The summed E-state index contributed by atoms with van der Waals surface area (Å²) in [4.78, 5) is 15.1. The summed E-state index contributed by atoms with van der Waals surface area (Å²) < 4.78 is 1.63. The van der Waals surface area contributed by atoms with Crippen LogP contribution in [0.4, 0.5) is 0 Å². The third-order valence-electron chi connectivity index (χ3n) is 1.85. The Labute approximate surface area is 82.8 Å². The highest BCUT2D eigenvalue weighted by Crippen LogP contribution is 1.98. The first kappa shape index (κ1) is 10.7. The molecule has 0 bridgehead atoms. The van der Waals surface area contributed by atoms with E-state index in [0.29, 0.717) is 12.2 Å². The summed E-state index contributed by atoms with van der Waals surface area (Å²) in [5.41, 5.74) is 0.650. The molecule has 0 atom stereocenters. The summed E-state index contributed by atoms with van der Waals surface area (Å²) in [7, 11) is 0. The molecule has 0 aliphatic rings. The van der Waals surface area contributed by atoms with Gasteiger partial charge in [0.2, 0.25) is 5.91 Å². The molecule has 0 aromatic carbocycles. The smallest absolute Gasteiger partial charge is 0.239 e. The van der Waals surface area contributed by atoms with E-state index in [2.05, 4.69) is 10.3 Å². The van der Waals surface area contributed by atoms with Crippen molar-refractivity contribution < 1.29 is 9.90 Å². The van der Waals surface area contributed by atoms with E-state index in [1.54, 1.807) is 10.8 Å². The average molecular weight is 197 g/mol. The van der Waals surface area contributed by atoms with Gasteiger partial charge in [-0.1, -0.05) is 6.92 Å². The minimum absolute atomic E-state index is 0.0560. The standard InChI is InChI=1S/C9H15N3O2/c1-2-3-11-9(14)5-12-7-10-4-8(12)6-13/h4,7,13H,2-3,5-6H2,1H3,(H,11,14). The zero-order valence-electron chi connectivity index (χ0n) is 8.23. The molecular weight excluding hydrogens is 182 g/mol. The van der Waals surface area contributed by atoms with Crippen LogP contribution < -0.4 is 5.32 Å². The van der Waals surface area contributed by atoms with Crippen molar-refractivity contribution in [2.75, 3.05) is 6.54 Å². The van der Waals surface area contributed by atoms with Crippen LogP contribution in [0.15, 0.2) is 12.5 Å². The van der Waals surface area contributed by atoms with Crippen molar-refractivity contribution in [2.45, 2.75) is 26.5 Å². The average Bonchev–Trinajstić information content (AvgIpc) is 2.62. The molecule has 0 saturated heterocycles. The van der Waals surface area contributed by atoms with Crippen molar-refractivity contribution in [3.8, 4) is 0 Å². The van der Waals surface area contributed by atoms with Crippen molar-refractivity contribution in [1.82, 2.24) is 14.9 Å². The lowest BCUT2D eigenvalue weighted by Crippen LogP contribution is -2.28. The highest BCUT2D eigenvalue weighted by molar-refractivity contribution is 5.75. The van der Waals surface area contributed by atoms with Gasteiger partial charge in [-0.05, 0) is 6.42 Å². The Morgan fingerprint density at radius 3 is 3.14 bits per heavy atom. The first-order chi connectivity index (χ1) is 6.77. The van der Waals surface area contributed by atoms with Crippen LogP contribution in [0.5, 0.6) is 0 Å². The fourth-order valence-corrected chi connectivity index (χ4v) is 1.10. The lowest BCUT2D eigenvalue weighted by atomic mass is 10.4. The summed E-state index contributed by atoms with van der Waals surface area (Å²) in [5, 5.41) is 11.7. The molecular formula is C9H15N3O2. The van der Waals surface area contributed by atoms with Crippen LogP contribution >= 0.6 is 0 Å². The van der Waals surface area contributed by atoms with E-state index < -0.39 is 0 Å². The van der Waals surface area contributed by atoms with Crippen LogP contribution in [-0.4, -0.2) is 27.1 Å². The van der Waals surface area contributed by atoms with Gasteiger partial charge in [-0.15, -0.1) is 0 Å². The van der Waals surface area contributed by atoms with Crippen LogP contribution in [0.3, 0.4) is 0 Å². The molecule has 1 aromatic heterocycles. The first-order valence-corrected chi connectivity index (χ1v) is 4.64. The number of rotatable bonds is 5. The highest BCUT2D eigenvalue weighted by Gasteiger charge is 2.05. The zero-order valence-corrected chi connectivity index (χ0v) is 8.23. The van der Waals surface area contributed by atoms with Crippen LogP contribution in [-0.2, 0) is 17.9 Å². The number of amides is 1. The molecule has 5 nitrogen and oxygen atoms in total. The Bertz CT molecular complexity index is 296. The van der Waals surface area contributed by atoms with E-state index in [9.17, 15) is 4.79 Å². The largest absolute Gasteiger partial charge is 0.390 e. The lowest BCUT2D eigenvalue weighted by molar-refractivity contribution is -0.121. The van der Waals surface area contributed by atoms with E-state index in [0.717, 1.165) is 6.42 Å². The van der Waals surface area contributed by atoms with Crippen molar-refractivity contribution in [3.05, 3.63) is 18.2 Å². The van der Waals surface area contributed by atoms with Gasteiger partial charge in [-0.25, -0.2) is 4.98 Å². The minimum atomic E-state index is -0.0962. The van der Waals surface area contributed by atoms with E-state index in [4.69, 9.17) is 5.11 Å². The van der Waals surface area contributed by atoms with Crippen LogP contribution in [0.1, 0.15) is 19.0 Å². The Hall–Kier alpha value is -1.36. The maximum absolute atomic E-state index is 11.3. The first-order valence-electron chi connectivity index (χ1n) is 4.64. The normalized spacial score (nSPS) is 10.1. The number of aliphatic hydroxyl groups excluding tert-OH is 1. The van der Waals surface area contributed by atoms with Crippen LogP contribution in [0.25, 0.3) is 0 Å². The van der Waals surface area contributed by atoms with E-state index >= 15 is 0 Å². The number of hydrogen-bond acceptors (Lipinski definition) is 3. The van der Waals surface area contributed by atoms with Gasteiger partial charge in [0.15, 0.2) is 0 Å². The highest BCUT2D eigenvalue weighted by atomic mass is 16.3. The van der Waals surface area contributed by atoms with Crippen molar-refractivity contribution in [2.24, 2.45) is 0 Å². The quantitative estimate of drug-likeness (QED) is 0.692. The van der Waals surface area contributed by atoms with Crippen molar-refractivity contribution in [3.63, 3.8) is 0 Å². The summed E-state index contributed by atoms with van der Waals surface area (Å²) in [6, 6.07) is 0. The molecule has 1 heterocycles. The molecule has 5 heteroatoms. The summed E-state index contributed by atoms with van der Waals surface area (Å²) in [6.45, 7) is 2.80. The third-order valence-corrected chi connectivity index (χ3v) is 1.85. The predicted molar refractivity (Wildman–Crippen MR) is 51.5 cm³/mol. The molecule has 1 amide bonds. The van der Waals surface area contributed by atoms with Gasteiger partial charge in [0.1, 0.15) is 6.54 Å². The molecule has 0 fully saturated rings. The molecule has 14 heavy (non-hydrogen) atoms. The Morgan fingerprint density at radius 1 is 1.71 bits per heavy atom. The summed E-state index contributed by atoms with van der Waals surface area (Å²) in [5.74, 6) is -0.0560. The fraction of sp³-hybridized carbons (Fsp3) is 0.556. The lowest BCUT2D eigenvalue weighted by Gasteiger charge is -2.06. The number of hydrogen-bond donors (Lipinski definition) is 2. The molecule has 0 unspecified atom stereocenters. The molecule has 2 N–H and O–H groups in total. The molecule has 0 aliphatic carbocycles. The zero-order chi connectivity index (χ0) is 10.4. The summed E-state index contributed by atoms with van der Waals surface area (Å²) in [6.07, 6.45) is 4.01. The SMILES string of the molecule is CCCNC(=O)Cn1cncc1CO. The van der Waals surface area contributed by atoms with Gasteiger partial charge in [0, 0.05) is 6.54 Å². The monoisotopic (exact) mass is 197 g/mol. The molecule has 1 rings (SSSR count). The minimum Gasteiger partial charge on any atom is -0.390 e. The van der Waals surface area contributed by atoms with Gasteiger partial charge >= 0.3 is 0 Å². The van der Waals surface area contributed by atoms with Gasteiger partial charge in [-0.2, -0.15) is 0 Å². The number of nitrogens with zero attached hydrogens (tertiary/aromatic N) is 2. The molecule has 1 aromatic rings. The van der Waals surface area contributed by atoms with Gasteiger partial charge in [0.05, 0.1) is 24.8 Å². The molecule has 78 valence electrons. The van der Waals surface area contributed by atoms with Crippen LogP contribution in [0.2, 0.25) is 0 Å². The number of nitrogens with one attached hydrogen (secondary N) is 1. The number of aromatic nitrogens is 2. The third kappa shape index (κ3) is 2.85. The molecule has 0 radical (unpaired) electrons. The maximum Gasteiger partial charge on any atom is 0.239 e. The van der Waals surface area contributed by atoms with Gasteiger partial charge in [-0.3, -0.25) is 4.79 Å². The van der Waals surface area contributed by atoms with Crippen molar-refractivity contribution >= 4 is 5.91 Å². The van der Waals surface area contributed by atoms with Gasteiger partial charge < -0.3 is 15.0 Å². The second-order valence-corrected chi connectivity index (χ2v) is 3.02. The fourth-order valence-electron chi connectivity index (χ4n) is 1.10. The number of imidazole rings is 1. The Kier molecular flexibility index (Phi) is 4.12. The second-order valence-electron chi connectivity index (χ2n) is 3.02. The molecule has 0 spiro atoms. The van der Waals surface area contributed by atoms with Crippen LogP contribution in [0, 0.1) is 0 Å². The van der Waals surface area contributed by atoms with Gasteiger partial charge in [0.25, 0.3) is 0 Å². The molecule has 0 saturated carbocycles. The number of carbonyl (C=O) groups excluding carboxylic acids is 1. The van der Waals surface area contributed by atoms with E-state index in [1.807, 2.05) is 6.92 Å². The maximum atomic E-state index is 11.3. The Balaban J connectivity index is 2.47. The second kappa shape index (κ2) is 5.39. The number of aliphatic hydroxyl groups is 1. The number of carbonyl (C=O) groups is 1. The van der Waals surface area contributed by atoms with Crippen molar-refractivity contribution in [1.29, 1.82) is 0 Å². The summed E-state index contributed by atoms with van der Waals surface area (Å²) >= 11 is 0. The topological polar surface area (TPSA) is 67.2 Å². The Morgan fingerprint density at radius 2 is 2.50 bits per heavy atom.